The third-order valence-corrected chi connectivity index (χ3v) is 7.86. The van der Waals surface area contributed by atoms with Gasteiger partial charge in [0.15, 0.2) is 4.90 Å². The first-order valence-electron chi connectivity index (χ1n) is 11.0. The fraction of sp³-hybridized carbons (Fsp3) is 0.360. The summed E-state index contributed by atoms with van der Waals surface area (Å²) in [5, 5.41) is 4.45. The highest BCUT2D eigenvalue weighted by Crippen LogP contribution is 2.35. The Kier molecular flexibility index (Phi) is 6.46. The van der Waals surface area contributed by atoms with E-state index in [4.69, 9.17) is 4.74 Å². The minimum absolute atomic E-state index is 0.0462. The molecular formula is C25H28N2O4S. The van der Waals surface area contributed by atoms with Crippen LogP contribution in [0.4, 0.5) is 0 Å². The molecular weight excluding hydrogens is 424 g/mol. The molecule has 0 aliphatic heterocycles. The third-order valence-electron chi connectivity index (χ3n) is 5.96. The molecule has 0 saturated heterocycles. The van der Waals surface area contributed by atoms with E-state index in [2.05, 4.69) is 5.10 Å². The average molecular weight is 453 g/mol. The number of carbonyl (C=O) groups excluding carboxylic acids is 1. The standard InChI is InChI=1S/C25H28N2O4S/c1-18-13-15-22(16-14-18)32(29,30)24-19(2)26-27(21-11-7-4-8-12-21)25(24)31-23(28)17-20-9-5-3-6-10-20/h4,7-8,11-16,20H,3,5-6,9-10,17H2,1-2H3. The number of hydrogen-bond acceptors (Lipinski definition) is 5. The van der Waals surface area contributed by atoms with E-state index in [1.165, 1.54) is 11.1 Å². The Morgan fingerprint density at radius 2 is 1.66 bits per heavy atom. The quantitative estimate of drug-likeness (QED) is 0.481. The molecule has 1 saturated carbocycles. The van der Waals surface area contributed by atoms with E-state index in [0.717, 1.165) is 31.2 Å². The smallest absolute Gasteiger partial charge is 0.312 e. The molecule has 0 N–H and O–H groups in total. The molecule has 0 amide bonds. The fourth-order valence-corrected chi connectivity index (χ4v) is 5.76. The molecule has 1 heterocycles. The van der Waals surface area contributed by atoms with Crippen molar-refractivity contribution in [2.45, 2.75) is 62.2 Å². The van der Waals surface area contributed by atoms with Gasteiger partial charge in [-0.3, -0.25) is 4.79 Å². The van der Waals surface area contributed by atoms with Gasteiger partial charge in [-0.1, -0.05) is 55.2 Å². The zero-order valence-electron chi connectivity index (χ0n) is 18.5. The number of hydrogen-bond donors (Lipinski definition) is 0. The Morgan fingerprint density at radius 3 is 2.31 bits per heavy atom. The molecule has 1 aliphatic rings. The number of aryl methyl sites for hydroxylation is 2. The van der Waals surface area contributed by atoms with E-state index in [9.17, 15) is 13.2 Å². The molecule has 7 heteroatoms. The molecule has 0 spiro atoms. The number of sulfone groups is 1. The predicted octanol–water partition coefficient (Wildman–Crippen LogP) is 5.20. The largest absolute Gasteiger partial charge is 0.406 e. The van der Waals surface area contributed by atoms with E-state index in [-0.39, 0.29) is 33.7 Å². The van der Waals surface area contributed by atoms with Crippen LogP contribution < -0.4 is 4.74 Å². The topological polar surface area (TPSA) is 78.3 Å². The molecule has 168 valence electrons. The first kappa shape index (κ1) is 22.3. The van der Waals surface area contributed by atoms with E-state index in [1.54, 1.807) is 43.3 Å². The zero-order valence-corrected chi connectivity index (χ0v) is 19.3. The Balaban J connectivity index is 1.76. The van der Waals surface area contributed by atoms with Crippen LogP contribution in [0.2, 0.25) is 0 Å². The number of nitrogens with zero attached hydrogens (tertiary/aromatic N) is 2. The lowest BCUT2D eigenvalue weighted by atomic mass is 9.87. The zero-order chi connectivity index (χ0) is 22.7. The summed E-state index contributed by atoms with van der Waals surface area (Å²) < 4.78 is 34.3. The van der Waals surface area contributed by atoms with Crippen molar-refractivity contribution in [2.24, 2.45) is 5.92 Å². The third kappa shape index (κ3) is 4.63. The second kappa shape index (κ2) is 9.28. The summed E-state index contributed by atoms with van der Waals surface area (Å²) in [6, 6.07) is 15.7. The van der Waals surface area contributed by atoms with Crippen LogP contribution in [-0.2, 0) is 14.6 Å². The van der Waals surface area contributed by atoms with Crippen molar-refractivity contribution >= 4 is 15.8 Å². The fourth-order valence-electron chi connectivity index (χ4n) is 4.25. The maximum absolute atomic E-state index is 13.6. The first-order valence-corrected chi connectivity index (χ1v) is 12.5. The minimum Gasteiger partial charge on any atom is -0.406 e. The highest BCUT2D eigenvalue weighted by atomic mass is 32.2. The van der Waals surface area contributed by atoms with Gasteiger partial charge in [0.05, 0.1) is 16.3 Å². The van der Waals surface area contributed by atoms with Crippen LogP contribution in [0.15, 0.2) is 64.4 Å². The molecule has 2 aromatic carbocycles. The monoisotopic (exact) mass is 452 g/mol. The van der Waals surface area contributed by atoms with E-state index in [1.807, 2.05) is 25.1 Å². The van der Waals surface area contributed by atoms with Crippen LogP contribution >= 0.6 is 0 Å². The van der Waals surface area contributed by atoms with Crippen molar-refractivity contribution in [1.82, 2.24) is 9.78 Å². The number of para-hydroxylation sites is 1. The van der Waals surface area contributed by atoms with Crippen molar-refractivity contribution < 1.29 is 17.9 Å². The van der Waals surface area contributed by atoms with Gasteiger partial charge in [0.25, 0.3) is 0 Å². The minimum atomic E-state index is -3.94. The summed E-state index contributed by atoms with van der Waals surface area (Å²) in [4.78, 5) is 13.0. The van der Waals surface area contributed by atoms with Crippen LogP contribution in [-0.4, -0.2) is 24.2 Å². The second-order valence-corrected chi connectivity index (χ2v) is 10.4. The molecule has 1 aromatic heterocycles. The number of benzene rings is 2. The van der Waals surface area contributed by atoms with E-state index in [0.29, 0.717) is 5.69 Å². The summed E-state index contributed by atoms with van der Waals surface area (Å²) in [5.41, 5.74) is 1.87. The van der Waals surface area contributed by atoms with E-state index >= 15 is 0 Å². The van der Waals surface area contributed by atoms with Crippen LogP contribution in [0.1, 0.15) is 49.8 Å². The SMILES string of the molecule is Cc1ccc(S(=O)(=O)c2c(C)nn(-c3ccccc3)c2OC(=O)CC2CCCCC2)cc1. The molecule has 0 unspecified atom stereocenters. The number of aromatic nitrogens is 2. The van der Waals surface area contributed by atoms with Crippen LogP contribution in [0.5, 0.6) is 5.88 Å². The normalized spacial score (nSPS) is 14.9. The lowest BCUT2D eigenvalue weighted by Gasteiger charge is -2.20. The van der Waals surface area contributed by atoms with Gasteiger partial charge in [-0.2, -0.15) is 9.78 Å². The molecule has 32 heavy (non-hydrogen) atoms. The Labute approximate surface area is 189 Å². The Bertz CT molecular complexity index is 1190. The van der Waals surface area contributed by atoms with Crippen LogP contribution in [0, 0.1) is 19.8 Å². The average Bonchev–Trinajstić information content (AvgIpc) is 3.11. The van der Waals surface area contributed by atoms with Crippen molar-refractivity contribution in [3.8, 4) is 11.6 Å². The summed E-state index contributed by atoms with van der Waals surface area (Å²) in [7, 11) is -3.94. The van der Waals surface area contributed by atoms with Gasteiger partial charge in [0.2, 0.25) is 15.7 Å². The van der Waals surface area contributed by atoms with Crippen LogP contribution in [0.3, 0.4) is 0 Å². The van der Waals surface area contributed by atoms with Gasteiger partial charge < -0.3 is 4.74 Å². The van der Waals surface area contributed by atoms with Gasteiger partial charge in [-0.25, -0.2) is 8.42 Å². The van der Waals surface area contributed by atoms with E-state index < -0.39 is 15.8 Å². The maximum atomic E-state index is 13.6. The number of ether oxygens (including phenoxy) is 1. The molecule has 0 bridgehead atoms. The lowest BCUT2D eigenvalue weighted by Crippen LogP contribution is -2.19. The molecule has 1 fully saturated rings. The molecule has 1 aliphatic carbocycles. The van der Waals surface area contributed by atoms with Crippen molar-refractivity contribution in [1.29, 1.82) is 0 Å². The van der Waals surface area contributed by atoms with Gasteiger partial charge >= 0.3 is 5.97 Å². The summed E-state index contributed by atoms with van der Waals surface area (Å²) >= 11 is 0. The lowest BCUT2D eigenvalue weighted by molar-refractivity contribution is -0.136. The molecule has 0 atom stereocenters. The number of carbonyl (C=O) groups is 1. The van der Waals surface area contributed by atoms with Gasteiger partial charge in [0, 0.05) is 6.42 Å². The highest BCUT2D eigenvalue weighted by Gasteiger charge is 2.32. The molecule has 6 nitrogen and oxygen atoms in total. The van der Waals surface area contributed by atoms with Crippen molar-refractivity contribution in [3.63, 3.8) is 0 Å². The Hall–Kier alpha value is -2.93. The van der Waals surface area contributed by atoms with Gasteiger partial charge in [-0.05, 0) is 56.9 Å². The highest BCUT2D eigenvalue weighted by molar-refractivity contribution is 7.91. The second-order valence-electron chi connectivity index (χ2n) is 8.47. The number of rotatable bonds is 6. The maximum Gasteiger partial charge on any atom is 0.312 e. The van der Waals surface area contributed by atoms with Gasteiger partial charge in [0.1, 0.15) is 0 Å². The summed E-state index contributed by atoms with van der Waals surface area (Å²) in [6.45, 7) is 3.52. The Morgan fingerprint density at radius 1 is 1.00 bits per heavy atom. The van der Waals surface area contributed by atoms with Crippen molar-refractivity contribution in [3.05, 3.63) is 65.9 Å². The van der Waals surface area contributed by atoms with Crippen molar-refractivity contribution in [2.75, 3.05) is 0 Å². The molecule has 4 rings (SSSR count). The molecule has 0 radical (unpaired) electrons. The van der Waals surface area contributed by atoms with Crippen LogP contribution in [0.25, 0.3) is 5.69 Å². The van der Waals surface area contributed by atoms with Gasteiger partial charge in [-0.15, -0.1) is 0 Å². The predicted molar refractivity (Wildman–Crippen MR) is 122 cm³/mol. The summed E-state index contributed by atoms with van der Waals surface area (Å²) in [6.07, 6.45) is 5.72. The summed E-state index contributed by atoms with van der Waals surface area (Å²) in [5.74, 6) is -0.188. The molecule has 3 aromatic rings. The first-order chi connectivity index (χ1) is 15.4. The number of esters is 1.